The number of hydrogen-bond donors (Lipinski definition) is 1. The normalized spacial score (nSPS) is 16.0. The molecule has 1 N–H and O–H groups in total. The Bertz CT molecular complexity index is 1540. The second-order valence-electron chi connectivity index (χ2n) is 9.12. The number of dihydropyridines is 1. The second-order valence-corrected chi connectivity index (χ2v) is 10.4. The second kappa shape index (κ2) is 11.3. The minimum atomic E-state index is -0.673. The molecule has 1 aliphatic carbocycles. The molecule has 3 aromatic rings. The van der Waals surface area contributed by atoms with Crippen LogP contribution >= 0.6 is 27.5 Å². The molecule has 0 saturated heterocycles. The number of fused-ring (bicyclic) bond motifs is 2. The van der Waals surface area contributed by atoms with Crippen molar-refractivity contribution in [2.75, 3.05) is 13.2 Å². The molecule has 0 spiro atoms. The molecule has 0 radical (unpaired) electrons. The van der Waals surface area contributed by atoms with Crippen molar-refractivity contribution in [1.29, 1.82) is 0 Å². The number of ketones is 1. The Morgan fingerprint density at radius 1 is 1.00 bits per heavy atom. The van der Waals surface area contributed by atoms with Gasteiger partial charge in [-0.15, -0.1) is 0 Å². The summed E-state index contributed by atoms with van der Waals surface area (Å²) in [5.41, 5.74) is 5.18. The first-order chi connectivity index (χ1) is 18.8. The van der Waals surface area contributed by atoms with Crippen LogP contribution in [0.5, 0.6) is 11.5 Å². The third-order valence-electron chi connectivity index (χ3n) is 6.74. The standard InChI is InChI=1S/C31H27BrClNO5/c1-4-37-24-15-19(14-22(32)30(24)39-16-18-10-6-9-13-23(18)33)26-25(31(36)38-5-2)17(3)34-28-20-11-7-8-12-21(20)29(35)27(26)28/h6-15,26,34H,4-5,16H2,1-3H3/t26-/m1/s1. The van der Waals surface area contributed by atoms with Crippen molar-refractivity contribution >= 4 is 45.0 Å². The van der Waals surface area contributed by atoms with Crippen molar-refractivity contribution in [3.05, 3.63) is 109 Å². The van der Waals surface area contributed by atoms with Crippen LogP contribution in [0.25, 0.3) is 5.70 Å². The van der Waals surface area contributed by atoms with Crippen LogP contribution in [0.15, 0.2) is 82.0 Å². The van der Waals surface area contributed by atoms with E-state index in [-0.39, 0.29) is 19.0 Å². The van der Waals surface area contributed by atoms with E-state index in [1.165, 1.54) is 0 Å². The molecular formula is C31H27BrClNO5. The average Bonchev–Trinajstić information content (AvgIpc) is 3.20. The number of rotatable bonds is 8. The van der Waals surface area contributed by atoms with Gasteiger partial charge in [0.2, 0.25) is 0 Å². The van der Waals surface area contributed by atoms with Crippen molar-refractivity contribution in [2.24, 2.45) is 0 Å². The monoisotopic (exact) mass is 607 g/mol. The highest BCUT2D eigenvalue weighted by molar-refractivity contribution is 9.10. The van der Waals surface area contributed by atoms with E-state index in [9.17, 15) is 9.59 Å². The molecule has 0 aromatic heterocycles. The van der Waals surface area contributed by atoms with Crippen molar-refractivity contribution in [3.8, 4) is 11.5 Å². The lowest BCUT2D eigenvalue weighted by atomic mass is 9.79. The Morgan fingerprint density at radius 3 is 2.44 bits per heavy atom. The van der Waals surface area contributed by atoms with Gasteiger partial charge in [0, 0.05) is 38.9 Å². The van der Waals surface area contributed by atoms with E-state index in [0.717, 1.165) is 11.1 Å². The van der Waals surface area contributed by atoms with Crippen LogP contribution in [0.2, 0.25) is 5.02 Å². The van der Waals surface area contributed by atoms with Gasteiger partial charge >= 0.3 is 5.97 Å². The fraction of sp³-hybridized carbons (Fsp3) is 0.226. The minimum absolute atomic E-state index is 0.125. The van der Waals surface area contributed by atoms with E-state index in [1.807, 2.05) is 68.4 Å². The number of allylic oxidation sites excluding steroid dienone is 2. The molecule has 6 nitrogen and oxygen atoms in total. The van der Waals surface area contributed by atoms with Gasteiger partial charge in [-0.2, -0.15) is 0 Å². The topological polar surface area (TPSA) is 73.9 Å². The third-order valence-corrected chi connectivity index (χ3v) is 7.70. The van der Waals surface area contributed by atoms with Gasteiger partial charge in [-0.1, -0.05) is 54.1 Å². The number of nitrogens with one attached hydrogen (secondary N) is 1. The van der Waals surface area contributed by atoms with Crippen LogP contribution in [0.4, 0.5) is 0 Å². The number of carbonyl (C=O) groups excluding carboxylic acids is 2. The highest BCUT2D eigenvalue weighted by atomic mass is 79.9. The van der Waals surface area contributed by atoms with Crippen molar-refractivity contribution in [1.82, 2.24) is 5.32 Å². The van der Waals surface area contributed by atoms with Crippen molar-refractivity contribution in [2.45, 2.75) is 33.3 Å². The molecule has 1 atom stereocenters. The number of ether oxygens (including phenoxy) is 3. The molecule has 1 heterocycles. The summed E-state index contributed by atoms with van der Waals surface area (Å²) in [5.74, 6) is -0.286. The first-order valence-corrected chi connectivity index (χ1v) is 13.9. The van der Waals surface area contributed by atoms with Crippen molar-refractivity contribution < 1.29 is 23.8 Å². The Kier molecular flexibility index (Phi) is 7.82. The van der Waals surface area contributed by atoms with Crippen LogP contribution in [0, 0.1) is 0 Å². The van der Waals surface area contributed by atoms with Gasteiger partial charge in [0.25, 0.3) is 0 Å². The average molecular weight is 609 g/mol. The van der Waals surface area contributed by atoms with E-state index >= 15 is 0 Å². The summed E-state index contributed by atoms with van der Waals surface area (Å²) >= 11 is 9.99. The van der Waals surface area contributed by atoms with Crippen LogP contribution in [0.3, 0.4) is 0 Å². The smallest absolute Gasteiger partial charge is 0.336 e. The summed E-state index contributed by atoms with van der Waals surface area (Å²) in [6.07, 6.45) is 0. The van der Waals surface area contributed by atoms with Crippen LogP contribution in [-0.2, 0) is 16.1 Å². The molecule has 0 saturated carbocycles. The Balaban J connectivity index is 1.63. The summed E-state index contributed by atoms with van der Waals surface area (Å²) in [5, 5.41) is 3.93. The van der Waals surface area contributed by atoms with Gasteiger partial charge in [-0.05, 0) is 60.5 Å². The number of esters is 1. The molecule has 1 aliphatic heterocycles. The van der Waals surface area contributed by atoms with Crippen LogP contribution in [-0.4, -0.2) is 25.0 Å². The van der Waals surface area contributed by atoms with Gasteiger partial charge in [-0.25, -0.2) is 4.79 Å². The number of hydrogen-bond acceptors (Lipinski definition) is 6. The third kappa shape index (κ3) is 4.97. The molecular weight excluding hydrogens is 582 g/mol. The largest absolute Gasteiger partial charge is 0.490 e. The number of carbonyl (C=O) groups is 2. The zero-order chi connectivity index (χ0) is 27.7. The Morgan fingerprint density at radius 2 is 1.72 bits per heavy atom. The van der Waals surface area contributed by atoms with Gasteiger partial charge in [0.15, 0.2) is 17.3 Å². The predicted octanol–water partition coefficient (Wildman–Crippen LogP) is 7.21. The van der Waals surface area contributed by atoms with E-state index < -0.39 is 11.9 Å². The maximum atomic E-state index is 13.7. The molecule has 0 fully saturated rings. The number of Topliss-reactive ketones (excluding diaryl/α,β-unsaturated/α-hetero) is 1. The number of halogens is 2. The Labute approximate surface area is 240 Å². The lowest BCUT2D eigenvalue weighted by Gasteiger charge is -2.30. The van der Waals surface area contributed by atoms with Gasteiger partial charge < -0.3 is 19.5 Å². The molecule has 0 bridgehead atoms. The molecule has 8 heteroatoms. The number of benzene rings is 3. The SMILES string of the molecule is CCOC(=O)C1=C(C)NC2=C(C(=O)c3ccccc32)[C@@H]1c1cc(Br)c(OCc2ccccc2Cl)c(OCC)c1. The molecule has 0 amide bonds. The highest BCUT2D eigenvalue weighted by Gasteiger charge is 2.43. The summed E-state index contributed by atoms with van der Waals surface area (Å²) in [6.45, 7) is 6.31. The first-order valence-electron chi connectivity index (χ1n) is 12.7. The highest BCUT2D eigenvalue weighted by Crippen LogP contribution is 2.49. The maximum absolute atomic E-state index is 13.7. The van der Waals surface area contributed by atoms with E-state index in [4.69, 9.17) is 25.8 Å². The molecule has 0 unspecified atom stereocenters. The maximum Gasteiger partial charge on any atom is 0.336 e. The zero-order valence-corrected chi connectivity index (χ0v) is 24.1. The fourth-order valence-electron chi connectivity index (χ4n) is 5.06. The lowest BCUT2D eigenvalue weighted by Crippen LogP contribution is -2.29. The molecule has 200 valence electrons. The van der Waals surface area contributed by atoms with Crippen LogP contribution in [0.1, 0.15) is 53.7 Å². The molecule has 39 heavy (non-hydrogen) atoms. The van der Waals surface area contributed by atoms with Gasteiger partial charge in [0.05, 0.1) is 29.0 Å². The van der Waals surface area contributed by atoms with Gasteiger partial charge in [0.1, 0.15) is 6.61 Å². The predicted molar refractivity (Wildman–Crippen MR) is 154 cm³/mol. The summed E-state index contributed by atoms with van der Waals surface area (Å²) < 4.78 is 18.2. The van der Waals surface area contributed by atoms with E-state index in [0.29, 0.717) is 61.3 Å². The van der Waals surface area contributed by atoms with Crippen molar-refractivity contribution in [3.63, 3.8) is 0 Å². The fourth-order valence-corrected chi connectivity index (χ4v) is 5.83. The molecule has 2 aliphatic rings. The van der Waals surface area contributed by atoms with E-state index in [1.54, 1.807) is 13.0 Å². The van der Waals surface area contributed by atoms with E-state index in [2.05, 4.69) is 21.2 Å². The van der Waals surface area contributed by atoms with Crippen LogP contribution < -0.4 is 14.8 Å². The van der Waals surface area contributed by atoms with Gasteiger partial charge in [-0.3, -0.25) is 4.79 Å². The summed E-state index contributed by atoms with van der Waals surface area (Å²) in [6, 6.07) is 18.6. The lowest BCUT2D eigenvalue weighted by molar-refractivity contribution is -0.138. The minimum Gasteiger partial charge on any atom is -0.490 e. The summed E-state index contributed by atoms with van der Waals surface area (Å²) in [7, 11) is 0. The quantitative estimate of drug-likeness (QED) is 0.273. The zero-order valence-electron chi connectivity index (χ0n) is 21.8. The Hall–Kier alpha value is -3.55. The molecule has 5 rings (SSSR count). The first kappa shape index (κ1) is 27.0. The molecule has 3 aromatic carbocycles. The summed E-state index contributed by atoms with van der Waals surface area (Å²) in [4.78, 5) is 27.0.